The number of nitrogens with zero attached hydrogens (tertiary/aromatic N) is 1. The summed E-state index contributed by atoms with van der Waals surface area (Å²) in [5.74, 6) is -1.16. The van der Waals surface area contributed by atoms with Crippen LogP contribution < -0.4 is 4.74 Å². The number of aromatic hydroxyl groups is 1. The van der Waals surface area contributed by atoms with E-state index in [4.69, 9.17) is 9.84 Å². The Morgan fingerprint density at radius 2 is 2.00 bits per heavy atom. The van der Waals surface area contributed by atoms with Crippen molar-refractivity contribution in [2.24, 2.45) is 0 Å². The van der Waals surface area contributed by atoms with Gasteiger partial charge in [-0.15, -0.1) is 0 Å². The van der Waals surface area contributed by atoms with Gasteiger partial charge < -0.3 is 14.9 Å². The molecule has 1 aromatic heterocycles. The fourth-order valence-electron chi connectivity index (χ4n) is 1.73. The van der Waals surface area contributed by atoms with Crippen molar-refractivity contribution in [1.29, 1.82) is 0 Å². The average molecular weight is 287 g/mol. The average Bonchev–Trinajstić information content (AvgIpc) is 2.83. The van der Waals surface area contributed by atoms with E-state index in [1.165, 1.54) is 23.5 Å². The second-order valence-electron chi connectivity index (χ2n) is 4.04. The Morgan fingerprint density at radius 3 is 2.70 bits per heavy atom. The summed E-state index contributed by atoms with van der Waals surface area (Å²) < 4.78 is 6.47. The maximum Gasteiger partial charge on any atom is 0.335 e. The molecule has 0 aliphatic rings. The van der Waals surface area contributed by atoms with Crippen molar-refractivity contribution in [3.05, 3.63) is 48.0 Å². The Kier molecular flexibility index (Phi) is 3.00. The highest BCUT2D eigenvalue weighted by Gasteiger charge is 2.11. The van der Waals surface area contributed by atoms with Crippen LogP contribution in [0, 0.1) is 0 Å². The van der Waals surface area contributed by atoms with E-state index in [9.17, 15) is 9.90 Å². The molecule has 6 heteroatoms. The predicted molar refractivity (Wildman–Crippen MR) is 74.8 cm³/mol. The molecule has 0 atom stereocenters. The fourth-order valence-corrected chi connectivity index (χ4v) is 2.55. The number of rotatable bonds is 3. The third kappa shape index (κ3) is 2.28. The van der Waals surface area contributed by atoms with E-state index in [0.717, 1.165) is 16.3 Å². The minimum absolute atomic E-state index is 0.000787. The molecule has 0 spiro atoms. The van der Waals surface area contributed by atoms with Gasteiger partial charge >= 0.3 is 5.97 Å². The van der Waals surface area contributed by atoms with E-state index in [1.54, 1.807) is 0 Å². The minimum atomic E-state index is -1.10. The number of ether oxygens (including phenoxy) is 1. The first kappa shape index (κ1) is 12.4. The lowest BCUT2D eigenvalue weighted by molar-refractivity contribution is 0.0696. The molecule has 20 heavy (non-hydrogen) atoms. The van der Waals surface area contributed by atoms with Crippen molar-refractivity contribution in [3.63, 3.8) is 0 Å². The summed E-state index contributed by atoms with van der Waals surface area (Å²) in [5.41, 5.74) is 0.813. The lowest BCUT2D eigenvalue weighted by atomic mass is 10.2. The lowest BCUT2D eigenvalue weighted by Gasteiger charge is -2.04. The standard InChI is InChI=1S/C14H9NO4S/c16-10-7-8(13(17)18)5-6-11(10)19-14-15-9-3-1-2-4-12(9)20-14/h1-7,16H,(H,17,18). The molecule has 0 aliphatic carbocycles. The van der Waals surface area contributed by atoms with Crippen LogP contribution in [0.1, 0.15) is 10.4 Å². The summed E-state index contributed by atoms with van der Waals surface area (Å²) >= 11 is 1.35. The van der Waals surface area contributed by atoms with E-state index in [0.29, 0.717) is 5.19 Å². The minimum Gasteiger partial charge on any atom is -0.504 e. The summed E-state index contributed by atoms with van der Waals surface area (Å²) in [5, 5.41) is 19.0. The van der Waals surface area contributed by atoms with Crippen molar-refractivity contribution in [2.45, 2.75) is 0 Å². The predicted octanol–water partition coefficient (Wildman–Crippen LogP) is 3.49. The van der Waals surface area contributed by atoms with E-state index in [-0.39, 0.29) is 17.1 Å². The highest BCUT2D eigenvalue weighted by molar-refractivity contribution is 7.20. The second-order valence-corrected chi connectivity index (χ2v) is 5.03. The van der Waals surface area contributed by atoms with Crippen molar-refractivity contribution in [3.8, 4) is 16.7 Å². The summed E-state index contributed by atoms with van der Waals surface area (Å²) in [4.78, 5) is 15.1. The molecule has 0 aliphatic heterocycles. The number of phenols is 1. The van der Waals surface area contributed by atoms with Crippen molar-refractivity contribution in [2.75, 3.05) is 0 Å². The number of fused-ring (bicyclic) bond motifs is 1. The van der Waals surface area contributed by atoms with Crippen molar-refractivity contribution in [1.82, 2.24) is 4.98 Å². The topological polar surface area (TPSA) is 79.7 Å². The highest BCUT2D eigenvalue weighted by Crippen LogP contribution is 2.35. The number of thiazole rings is 1. The number of aromatic carboxylic acids is 1. The van der Waals surface area contributed by atoms with Gasteiger partial charge in [0.1, 0.15) is 0 Å². The second kappa shape index (κ2) is 4.82. The maximum absolute atomic E-state index is 10.8. The third-order valence-electron chi connectivity index (χ3n) is 2.68. The number of hydrogen-bond donors (Lipinski definition) is 2. The molecule has 0 amide bonds. The fraction of sp³-hybridized carbons (Fsp3) is 0. The molecule has 1 heterocycles. The zero-order valence-electron chi connectivity index (χ0n) is 10.1. The van der Waals surface area contributed by atoms with Gasteiger partial charge in [-0.25, -0.2) is 9.78 Å². The number of benzene rings is 2. The quantitative estimate of drug-likeness (QED) is 0.770. The van der Waals surface area contributed by atoms with Crippen molar-refractivity contribution < 1.29 is 19.7 Å². The SMILES string of the molecule is O=C(O)c1ccc(Oc2nc3ccccc3s2)c(O)c1. The molecule has 2 N–H and O–H groups in total. The zero-order chi connectivity index (χ0) is 14.1. The summed E-state index contributed by atoms with van der Waals surface area (Å²) in [7, 11) is 0. The largest absolute Gasteiger partial charge is 0.504 e. The van der Waals surface area contributed by atoms with Crippen LogP contribution in [0.3, 0.4) is 0 Å². The van der Waals surface area contributed by atoms with Gasteiger partial charge in [-0.05, 0) is 30.3 Å². The first-order chi connectivity index (χ1) is 9.63. The molecule has 3 rings (SSSR count). The first-order valence-corrected chi connectivity index (χ1v) is 6.55. The van der Waals surface area contributed by atoms with Crippen LogP contribution in [-0.2, 0) is 0 Å². The van der Waals surface area contributed by atoms with E-state index in [2.05, 4.69) is 4.98 Å². The van der Waals surface area contributed by atoms with Crippen LogP contribution in [0.5, 0.6) is 16.7 Å². The number of carboxylic acid groups (broad SMARTS) is 1. The van der Waals surface area contributed by atoms with Crippen molar-refractivity contribution >= 4 is 27.5 Å². The Hall–Kier alpha value is -2.60. The van der Waals surface area contributed by atoms with Gasteiger partial charge in [0.05, 0.1) is 15.8 Å². The summed E-state index contributed by atoms with van der Waals surface area (Å²) in [6, 6.07) is 11.5. The van der Waals surface area contributed by atoms with E-state index >= 15 is 0 Å². The van der Waals surface area contributed by atoms with Crippen LogP contribution in [-0.4, -0.2) is 21.2 Å². The molecule has 0 bridgehead atoms. The monoisotopic (exact) mass is 287 g/mol. The maximum atomic E-state index is 10.8. The molecular formula is C14H9NO4S. The number of carboxylic acids is 1. The van der Waals surface area contributed by atoms with Gasteiger partial charge in [-0.1, -0.05) is 23.5 Å². The highest BCUT2D eigenvalue weighted by atomic mass is 32.1. The molecular weight excluding hydrogens is 278 g/mol. The molecule has 5 nitrogen and oxygen atoms in total. The zero-order valence-corrected chi connectivity index (χ0v) is 10.9. The Labute approximate surface area is 117 Å². The number of para-hydroxylation sites is 1. The number of aromatic nitrogens is 1. The van der Waals surface area contributed by atoms with Crippen LogP contribution in [0.2, 0.25) is 0 Å². The van der Waals surface area contributed by atoms with Crippen LogP contribution in [0.15, 0.2) is 42.5 Å². The Balaban J connectivity index is 1.92. The van der Waals surface area contributed by atoms with Gasteiger partial charge in [-0.2, -0.15) is 0 Å². The van der Waals surface area contributed by atoms with Crippen LogP contribution in [0.25, 0.3) is 10.2 Å². The molecule has 2 aromatic carbocycles. The van der Waals surface area contributed by atoms with Gasteiger partial charge in [0.15, 0.2) is 11.5 Å². The Bertz CT molecular complexity index is 764. The van der Waals surface area contributed by atoms with E-state index < -0.39 is 5.97 Å². The third-order valence-corrected chi connectivity index (χ3v) is 3.59. The molecule has 0 fully saturated rings. The molecule has 0 unspecified atom stereocenters. The lowest BCUT2D eigenvalue weighted by Crippen LogP contribution is -1.95. The first-order valence-electron chi connectivity index (χ1n) is 5.73. The van der Waals surface area contributed by atoms with Gasteiger partial charge in [0.25, 0.3) is 5.19 Å². The number of carbonyl (C=O) groups is 1. The summed E-state index contributed by atoms with van der Waals surface area (Å²) in [6.07, 6.45) is 0. The summed E-state index contributed by atoms with van der Waals surface area (Å²) in [6.45, 7) is 0. The smallest absolute Gasteiger partial charge is 0.335 e. The van der Waals surface area contributed by atoms with Gasteiger partial charge in [0, 0.05) is 0 Å². The normalized spacial score (nSPS) is 10.6. The number of hydrogen-bond acceptors (Lipinski definition) is 5. The molecule has 3 aromatic rings. The molecule has 100 valence electrons. The van der Waals surface area contributed by atoms with Crippen LogP contribution in [0.4, 0.5) is 0 Å². The van der Waals surface area contributed by atoms with Gasteiger partial charge in [0.2, 0.25) is 0 Å². The van der Waals surface area contributed by atoms with Gasteiger partial charge in [-0.3, -0.25) is 0 Å². The van der Waals surface area contributed by atoms with Crippen LogP contribution >= 0.6 is 11.3 Å². The molecule has 0 radical (unpaired) electrons. The van der Waals surface area contributed by atoms with E-state index in [1.807, 2.05) is 24.3 Å². The molecule has 0 saturated heterocycles. The number of phenolic OH excluding ortho intramolecular Hbond substituents is 1. The molecule has 0 saturated carbocycles. The Morgan fingerprint density at radius 1 is 1.20 bits per heavy atom.